The maximum atomic E-state index is 11.2. The van der Waals surface area contributed by atoms with Crippen LogP contribution in [0.4, 0.5) is 0 Å². The molecule has 0 bridgehead atoms. The smallest absolute Gasteiger partial charge is 0.219 e. The molecule has 2 heterocycles. The molecule has 0 aromatic carbocycles. The first kappa shape index (κ1) is 13.5. The summed E-state index contributed by atoms with van der Waals surface area (Å²) < 4.78 is 0. The van der Waals surface area contributed by atoms with Crippen LogP contribution in [0, 0.1) is 5.92 Å². The van der Waals surface area contributed by atoms with Gasteiger partial charge in [-0.1, -0.05) is 0 Å². The average molecular weight is 251 g/mol. The number of carbonyl (C=O) groups excluding carboxylic acids is 1. The molecule has 2 rings (SSSR count). The third-order valence-corrected chi connectivity index (χ3v) is 4.18. The van der Waals surface area contributed by atoms with Crippen LogP contribution in [0.25, 0.3) is 0 Å². The molecule has 2 aliphatic rings. The van der Waals surface area contributed by atoms with Crippen LogP contribution in [0.5, 0.6) is 0 Å². The first-order valence-electron chi connectivity index (χ1n) is 7.12. The molecular formula is C14H25N3O. The number of likely N-dealkylation sites (tertiary alicyclic amines) is 2. The molecule has 0 radical (unpaired) electrons. The highest BCUT2D eigenvalue weighted by Crippen LogP contribution is 2.17. The SMILES string of the molecule is CC(=O)N1CCC(C=NC2CCN(C)CC2)CC1. The van der Waals surface area contributed by atoms with Crippen molar-refractivity contribution in [3.8, 4) is 0 Å². The van der Waals surface area contributed by atoms with E-state index in [-0.39, 0.29) is 5.91 Å². The quantitative estimate of drug-likeness (QED) is 0.696. The van der Waals surface area contributed by atoms with Gasteiger partial charge in [0.2, 0.25) is 5.91 Å². The highest BCUT2D eigenvalue weighted by Gasteiger charge is 2.20. The Morgan fingerprint density at radius 2 is 1.72 bits per heavy atom. The molecule has 2 saturated heterocycles. The van der Waals surface area contributed by atoms with Gasteiger partial charge in [0, 0.05) is 26.2 Å². The van der Waals surface area contributed by atoms with Crippen molar-refractivity contribution in [2.45, 2.75) is 38.6 Å². The Balaban J connectivity index is 1.72. The molecule has 0 aliphatic carbocycles. The Labute approximate surface area is 110 Å². The molecule has 0 aromatic heterocycles. The normalized spacial score (nSPS) is 24.9. The highest BCUT2D eigenvalue weighted by molar-refractivity contribution is 5.73. The Morgan fingerprint density at radius 1 is 1.11 bits per heavy atom. The summed E-state index contributed by atoms with van der Waals surface area (Å²) in [6, 6.07) is 0.534. The van der Waals surface area contributed by atoms with E-state index in [4.69, 9.17) is 4.99 Å². The highest BCUT2D eigenvalue weighted by atomic mass is 16.2. The molecule has 0 N–H and O–H groups in total. The summed E-state index contributed by atoms with van der Waals surface area (Å²) in [5.41, 5.74) is 0. The summed E-state index contributed by atoms with van der Waals surface area (Å²) in [5, 5.41) is 0. The second kappa shape index (κ2) is 6.32. The van der Waals surface area contributed by atoms with E-state index < -0.39 is 0 Å². The van der Waals surface area contributed by atoms with Crippen molar-refractivity contribution in [1.82, 2.24) is 9.80 Å². The van der Waals surface area contributed by atoms with Crippen molar-refractivity contribution in [3.05, 3.63) is 0 Å². The van der Waals surface area contributed by atoms with Crippen LogP contribution in [0.1, 0.15) is 32.6 Å². The summed E-state index contributed by atoms with van der Waals surface area (Å²) in [6.45, 7) is 5.81. The molecule has 0 spiro atoms. The third-order valence-electron chi connectivity index (χ3n) is 4.18. The van der Waals surface area contributed by atoms with Crippen LogP contribution < -0.4 is 0 Å². The molecule has 2 fully saturated rings. The zero-order valence-electron chi connectivity index (χ0n) is 11.6. The fourth-order valence-electron chi connectivity index (χ4n) is 2.75. The van der Waals surface area contributed by atoms with E-state index in [2.05, 4.69) is 18.2 Å². The van der Waals surface area contributed by atoms with Crippen LogP contribution in [0.3, 0.4) is 0 Å². The van der Waals surface area contributed by atoms with E-state index in [0.29, 0.717) is 12.0 Å². The minimum Gasteiger partial charge on any atom is -0.343 e. The lowest BCUT2D eigenvalue weighted by atomic mass is 9.97. The summed E-state index contributed by atoms with van der Waals surface area (Å²) in [6.07, 6.45) is 6.72. The first-order chi connectivity index (χ1) is 8.65. The monoisotopic (exact) mass is 251 g/mol. The lowest BCUT2D eigenvalue weighted by molar-refractivity contribution is -0.129. The average Bonchev–Trinajstić information content (AvgIpc) is 2.38. The summed E-state index contributed by atoms with van der Waals surface area (Å²) >= 11 is 0. The number of hydrogen-bond donors (Lipinski definition) is 0. The van der Waals surface area contributed by atoms with Crippen molar-refractivity contribution in [2.24, 2.45) is 10.9 Å². The van der Waals surface area contributed by atoms with E-state index in [0.717, 1.165) is 25.9 Å². The minimum absolute atomic E-state index is 0.209. The Morgan fingerprint density at radius 3 is 2.28 bits per heavy atom. The van der Waals surface area contributed by atoms with Crippen molar-refractivity contribution in [1.29, 1.82) is 0 Å². The van der Waals surface area contributed by atoms with E-state index >= 15 is 0 Å². The largest absolute Gasteiger partial charge is 0.343 e. The van der Waals surface area contributed by atoms with Gasteiger partial charge in [-0.05, 0) is 51.7 Å². The summed E-state index contributed by atoms with van der Waals surface area (Å²) in [4.78, 5) is 20.3. The molecular weight excluding hydrogens is 226 g/mol. The van der Waals surface area contributed by atoms with E-state index in [1.54, 1.807) is 6.92 Å². The predicted molar refractivity (Wildman–Crippen MR) is 74.0 cm³/mol. The van der Waals surface area contributed by atoms with Gasteiger partial charge in [0.25, 0.3) is 0 Å². The molecule has 2 aliphatic heterocycles. The second-order valence-corrected chi connectivity index (χ2v) is 5.68. The Kier molecular flexibility index (Phi) is 4.75. The van der Waals surface area contributed by atoms with E-state index in [1.165, 1.54) is 25.9 Å². The van der Waals surface area contributed by atoms with Crippen molar-refractivity contribution in [3.63, 3.8) is 0 Å². The number of aliphatic imine (C=N–C) groups is 1. The van der Waals surface area contributed by atoms with Crippen LogP contribution in [0.2, 0.25) is 0 Å². The van der Waals surface area contributed by atoms with Crippen molar-refractivity contribution >= 4 is 12.1 Å². The molecule has 0 saturated carbocycles. The summed E-state index contributed by atoms with van der Waals surface area (Å²) in [7, 11) is 2.18. The van der Waals surface area contributed by atoms with Crippen LogP contribution in [0.15, 0.2) is 4.99 Å². The zero-order valence-corrected chi connectivity index (χ0v) is 11.6. The summed E-state index contributed by atoms with van der Waals surface area (Å²) in [5.74, 6) is 0.793. The van der Waals surface area contributed by atoms with Crippen molar-refractivity contribution in [2.75, 3.05) is 33.2 Å². The Hall–Kier alpha value is -0.900. The molecule has 0 unspecified atom stereocenters. The van der Waals surface area contributed by atoms with Crippen LogP contribution >= 0.6 is 0 Å². The fourth-order valence-corrected chi connectivity index (χ4v) is 2.75. The van der Waals surface area contributed by atoms with E-state index in [1.807, 2.05) is 4.90 Å². The molecule has 0 aromatic rings. The number of piperidine rings is 2. The molecule has 4 heteroatoms. The minimum atomic E-state index is 0.209. The van der Waals surface area contributed by atoms with Gasteiger partial charge in [-0.15, -0.1) is 0 Å². The van der Waals surface area contributed by atoms with Crippen LogP contribution in [-0.4, -0.2) is 61.2 Å². The van der Waals surface area contributed by atoms with Gasteiger partial charge in [-0.25, -0.2) is 0 Å². The number of nitrogens with zero attached hydrogens (tertiary/aromatic N) is 3. The van der Waals surface area contributed by atoms with Gasteiger partial charge in [0.05, 0.1) is 6.04 Å². The predicted octanol–water partition coefficient (Wildman–Crippen LogP) is 1.41. The molecule has 102 valence electrons. The lowest BCUT2D eigenvalue weighted by Gasteiger charge is -2.30. The molecule has 18 heavy (non-hydrogen) atoms. The maximum Gasteiger partial charge on any atom is 0.219 e. The van der Waals surface area contributed by atoms with E-state index in [9.17, 15) is 4.79 Å². The molecule has 4 nitrogen and oxygen atoms in total. The van der Waals surface area contributed by atoms with Crippen molar-refractivity contribution < 1.29 is 4.79 Å². The van der Waals surface area contributed by atoms with Crippen LogP contribution in [-0.2, 0) is 4.79 Å². The topological polar surface area (TPSA) is 35.9 Å². The van der Waals surface area contributed by atoms with Gasteiger partial charge in [-0.3, -0.25) is 9.79 Å². The van der Waals surface area contributed by atoms with Gasteiger partial charge in [0.1, 0.15) is 0 Å². The Bertz CT molecular complexity index is 300. The molecule has 0 atom stereocenters. The molecule has 1 amide bonds. The second-order valence-electron chi connectivity index (χ2n) is 5.68. The zero-order chi connectivity index (χ0) is 13.0. The van der Waals surface area contributed by atoms with Gasteiger partial charge in [0.15, 0.2) is 0 Å². The van der Waals surface area contributed by atoms with Gasteiger partial charge < -0.3 is 9.80 Å². The lowest BCUT2D eigenvalue weighted by Crippen LogP contribution is -2.37. The fraction of sp³-hybridized carbons (Fsp3) is 0.857. The maximum absolute atomic E-state index is 11.2. The number of carbonyl (C=O) groups is 1. The van der Waals surface area contributed by atoms with Gasteiger partial charge in [-0.2, -0.15) is 0 Å². The standard InChI is InChI=1S/C14H25N3O/c1-12(18)17-9-3-13(4-10-17)11-15-14-5-7-16(2)8-6-14/h11,13-14H,3-10H2,1-2H3. The number of hydrogen-bond acceptors (Lipinski definition) is 3. The van der Waals surface area contributed by atoms with Gasteiger partial charge >= 0.3 is 0 Å². The number of amides is 1. The number of rotatable bonds is 2. The first-order valence-corrected chi connectivity index (χ1v) is 7.12. The third kappa shape index (κ3) is 3.80.